The average Bonchev–Trinajstić information content (AvgIpc) is 3.44. The van der Waals surface area contributed by atoms with Crippen LogP contribution in [0, 0.1) is 5.92 Å². The lowest BCUT2D eigenvalue weighted by atomic mass is 10.00. The largest absolute Gasteiger partial charge is 0.378 e. The number of rotatable bonds is 8. The van der Waals surface area contributed by atoms with E-state index in [4.69, 9.17) is 0 Å². The van der Waals surface area contributed by atoms with Gasteiger partial charge in [-0.15, -0.1) is 11.3 Å². The first-order valence-corrected chi connectivity index (χ1v) is 16.9. The maximum absolute atomic E-state index is 13.7. The quantitative estimate of drug-likeness (QED) is 0.477. The molecule has 1 aliphatic heterocycles. The van der Waals surface area contributed by atoms with Crippen LogP contribution in [0.3, 0.4) is 0 Å². The number of benzene rings is 1. The van der Waals surface area contributed by atoms with Gasteiger partial charge < -0.3 is 20.0 Å². The highest BCUT2D eigenvalue weighted by atomic mass is 32.2. The van der Waals surface area contributed by atoms with Crippen LogP contribution in [0.1, 0.15) is 67.5 Å². The summed E-state index contributed by atoms with van der Waals surface area (Å²) in [4.78, 5) is 58.1. The Balaban J connectivity index is 0.00000301. The summed E-state index contributed by atoms with van der Waals surface area (Å²) >= 11 is 0.879. The third-order valence-corrected chi connectivity index (χ3v) is 9.68. The number of hydrogen-bond acceptors (Lipinski definition) is 8. The molecular formula is C30H44N4O6S2. The number of nitrogens with one attached hydrogen (secondary N) is 1. The molecule has 3 rings (SSSR count). The van der Waals surface area contributed by atoms with E-state index < -0.39 is 27.8 Å². The molecule has 10 nitrogen and oxygen atoms in total. The fraction of sp³-hybridized carbons (Fsp3) is 0.533. The molecule has 1 saturated heterocycles. The van der Waals surface area contributed by atoms with Crippen LogP contribution >= 0.6 is 11.3 Å². The Morgan fingerprint density at radius 3 is 2.19 bits per heavy atom. The summed E-state index contributed by atoms with van der Waals surface area (Å²) in [5.74, 6) is -1.30. The first-order chi connectivity index (χ1) is 19.7. The zero-order valence-electron chi connectivity index (χ0n) is 25.8. The third kappa shape index (κ3) is 9.12. The number of Topliss-reactive ketones (excluding diaryl/α,β-unsaturated/α-hetero) is 1. The molecule has 1 aromatic carbocycles. The number of ketones is 1. The predicted molar refractivity (Wildman–Crippen MR) is 167 cm³/mol. The smallest absolute Gasteiger partial charge is 0.264 e. The summed E-state index contributed by atoms with van der Waals surface area (Å²) in [5, 5.41) is 2.88. The minimum atomic E-state index is -3.44. The highest BCUT2D eigenvalue weighted by molar-refractivity contribution is 7.92. The molecule has 0 saturated carbocycles. The molecule has 0 spiro atoms. The number of thiophene rings is 1. The molecule has 0 radical (unpaired) electrons. The summed E-state index contributed by atoms with van der Waals surface area (Å²) < 4.78 is 23.7. The van der Waals surface area contributed by atoms with Crippen molar-refractivity contribution in [3.05, 3.63) is 46.8 Å². The lowest BCUT2D eigenvalue weighted by Crippen LogP contribution is -2.56. The number of amides is 3. The van der Waals surface area contributed by atoms with Gasteiger partial charge in [0.15, 0.2) is 15.6 Å². The molecule has 0 aliphatic carbocycles. The average molecular weight is 621 g/mol. The van der Waals surface area contributed by atoms with E-state index in [2.05, 4.69) is 5.32 Å². The summed E-state index contributed by atoms with van der Waals surface area (Å²) in [7, 11) is 0.375. The summed E-state index contributed by atoms with van der Waals surface area (Å²) in [5.41, 5.74) is 1.38. The highest BCUT2D eigenvalue weighted by Crippen LogP contribution is 2.24. The maximum Gasteiger partial charge on any atom is 0.264 e. The van der Waals surface area contributed by atoms with Crippen molar-refractivity contribution < 1.29 is 27.6 Å². The second kappa shape index (κ2) is 15.3. The van der Waals surface area contributed by atoms with Crippen LogP contribution in [0.2, 0.25) is 0 Å². The van der Waals surface area contributed by atoms with Crippen molar-refractivity contribution in [2.24, 2.45) is 5.92 Å². The Hall–Kier alpha value is -3.25. The SMILES string of the molecule is CC.CC(C)C[C@H](NC(=O)c1ccc(N(C)C)cc1)C(=O)N1CCCN(C(=O)c2ccc(S(C)(=O)=O)s2)CC(=O)C1C. The van der Waals surface area contributed by atoms with Gasteiger partial charge >= 0.3 is 0 Å². The monoisotopic (exact) mass is 620 g/mol. The summed E-state index contributed by atoms with van der Waals surface area (Å²) in [6, 6.07) is 8.32. The van der Waals surface area contributed by atoms with E-state index in [-0.39, 0.29) is 52.2 Å². The molecule has 3 amide bonds. The van der Waals surface area contributed by atoms with E-state index in [1.807, 2.05) is 58.8 Å². The van der Waals surface area contributed by atoms with Crippen LogP contribution in [-0.2, 0) is 19.4 Å². The van der Waals surface area contributed by atoms with Crippen molar-refractivity contribution in [2.45, 2.75) is 63.8 Å². The van der Waals surface area contributed by atoms with Crippen molar-refractivity contribution in [1.29, 1.82) is 0 Å². The van der Waals surface area contributed by atoms with Gasteiger partial charge in [-0.2, -0.15) is 0 Å². The Morgan fingerprint density at radius 2 is 1.67 bits per heavy atom. The second-order valence-electron chi connectivity index (χ2n) is 10.7. The number of carbonyl (C=O) groups excluding carboxylic acids is 4. The molecule has 2 aromatic rings. The molecule has 2 heterocycles. The van der Waals surface area contributed by atoms with Gasteiger partial charge in [0.2, 0.25) is 5.91 Å². The van der Waals surface area contributed by atoms with E-state index in [1.54, 1.807) is 19.1 Å². The lowest BCUT2D eigenvalue weighted by molar-refractivity contribution is -0.142. The minimum Gasteiger partial charge on any atom is -0.378 e. The normalized spacial score (nSPS) is 16.6. The third-order valence-electron chi connectivity index (χ3n) is 6.79. The van der Waals surface area contributed by atoms with Gasteiger partial charge in [-0.3, -0.25) is 19.2 Å². The maximum atomic E-state index is 13.7. The zero-order valence-corrected chi connectivity index (χ0v) is 27.5. The molecule has 1 N–H and O–H groups in total. The van der Waals surface area contributed by atoms with Crippen molar-refractivity contribution >= 4 is 50.4 Å². The van der Waals surface area contributed by atoms with E-state index in [1.165, 1.54) is 21.9 Å². The van der Waals surface area contributed by atoms with E-state index in [9.17, 15) is 27.6 Å². The number of sulfone groups is 1. The first-order valence-electron chi connectivity index (χ1n) is 14.2. The van der Waals surface area contributed by atoms with Gasteiger partial charge in [0.25, 0.3) is 11.8 Å². The van der Waals surface area contributed by atoms with Gasteiger partial charge in [0.1, 0.15) is 10.3 Å². The van der Waals surface area contributed by atoms with Crippen LogP contribution in [0.5, 0.6) is 0 Å². The van der Waals surface area contributed by atoms with Crippen molar-refractivity contribution in [2.75, 3.05) is 44.9 Å². The Bertz CT molecular complexity index is 1350. The van der Waals surface area contributed by atoms with Crippen LogP contribution in [0.4, 0.5) is 5.69 Å². The molecular weight excluding hydrogens is 576 g/mol. The van der Waals surface area contributed by atoms with E-state index in [0.29, 0.717) is 18.4 Å². The Labute approximate surface area is 254 Å². The molecule has 1 aromatic heterocycles. The highest BCUT2D eigenvalue weighted by Gasteiger charge is 2.35. The number of nitrogens with zero attached hydrogens (tertiary/aromatic N) is 3. The van der Waals surface area contributed by atoms with Crippen molar-refractivity contribution in [3.8, 4) is 0 Å². The standard InChI is InChI=1S/C28H38N4O6S2.C2H6/c1-18(2)16-22(29-26(34)20-8-10-21(11-9-20)30(4)5)27(35)32-15-7-14-31(17-23(33)19(32)3)28(36)24-12-13-25(39-24)40(6,37)38;1-2/h8-13,18-19,22H,7,14-17H2,1-6H3,(H,29,34);1-2H3/t19?,22-;/m0./s1. The fourth-order valence-corrected chi connectivity index (χ4v) is 6.40. The first kappa shape index (κ1) is 34.9. The number of carbonyl (C=O) groups is 4. The van der Waals surface area contributed by atoms with Crippen LogP contribution in [0.25, 0.3) is 0 Å². The summed E-state index contributed by atoms with van der Waals surface area (Å²) in [6.45, 7) is 9.82. The van der Waals surface area contributed by atoms with Gasteiger partial charge in [-0.1, -0.05) is 27.7 Å². The number of anilines is 1. The zero-order chi connectivity index (χ0) is 31.8. The molecule has 12 heteroatoms. The lowest BCUT2D eigenvalue weighted by Gasteiger charge is -2.36. The second-order valence-corrected chi connectivity index (χ2v) is 14.1. The molecule has 232 valence electrons. The molecule has 1 aliphatic rings. The van der Waals surface area contributed by atoms with Gasteiger partial charge in [0.05, 0.1) is 17.5 Å². The van der Waals surface area contributed by atoms with Crippen LogP contribution in [-0.4, -0.2) is 93.8 Å². The van der Waals surface area contributed by atoms with Crippen LogP contribution < -0.4 is 10.2 Å². The fourth-order valence-electron chi connectivity index (χ4n) is 4.51. The Morgan fingerprint density at radius 1 is 1.05 bits per heavy atom. The van der Waals surface area contributed by atoms with Crippen LogP contribution in [0.15, 0.2) is 40.6 Å². The van der Waals surface area contributed by atoms with Crippen molar-refractivity contribution in [1.82, 2.24) is 15.1 Å². The molecule has 2 atom stereocenters. The van der Waals surface area contributed by atoms with Gasteiger partial charge in [-0.25, -0.2) is 8.42 Å². The van der Waals surface area contributed by atoms with Gasteiger partial charge in [-0.05, 0) is 62.1 Å². The topological polar surface area (TPSA) is 124 Å². The molecule has 1 unspecified atom stereocenters. The predicted octanol–water partition coefficient (Wildman–Crippen LogP) is 3.72. The molecule has 42 heavy (non-hydrogen) atoms. The van der Waals surface area contributed by atoms with Gasteiger partial charge in [0, 0.05) is 44.7 Å². The number of hydrogen-bond donors (Lipinski definition) is 1. The minimum absolute atomic E-state index is 0.0891. The molecule has 1 fully saturated rings. The molecule has 0 bridgehead atoms. The summed E-state index contributed by atoms with van der Waals surface area (Å²) in [6.07, 6.45) is 1.91. The van der Waals surface area contributed by atoms with E-state index >= 15 is 0 Å². The van der Waals surface area contributed by atoms with E-state index in [0.717, 1.165) is 23.3 Å². The van der Waals surface area contributed by atoms with Crippen molar-refractivity contribution in [3.63, 3.8) is 0 Å². The Kier molecular flexibility index (Phi) is 12.7.